The van der Waals surface area contributed by atoms with Gasteiger partial charge in [-0.1, -0.05) is 42.9 Å². The molecule has 3 atom stereocenters. The number of hydrogen-bond acceptors (Lipinski definition) is 2. The fraction of sp³-hybridized carbons (Fsp3) is 1.00. The minimum absolute atomic E-state index is 0.806. The molecular weight excluding hydrogens is 287 g/mol. The minimum atomic E-state index is 0.806. The van der Waals surface area contributed by atoms with Crippen LogP contribution < -0.4 is 0 Å². The summed E-state index contributed by atoms with van der Waals surface area (Å²) >= 11 is 6.84. The maximum atomic E-state index is 2.55. The van der Waals surface area contributed by atoms with Crippen molar-refractivity contribution in [3.63, 3.8) is 0 Å². The lowest BCUT2D eigenvalue weighted by Crippen LogP contribution is -2.24. The predicted molar refractivity (Wildman–Crippen MR) is 65.7 cm³/mol. The van der Waals surface area contributed by atoms with Crippen LogP contribution in [0.25, 0.3) is 0 Å². The molecule has 11 heavy (non-hydrogen) atoms. The molecule has 3 heteroatoms. The monoisotopic (exact) mass is 302 g/mol. The molecule has 0 spiro atoms. The molecule has 1 heterocycles. The van der Waals surface area contributed by atoms with E-state index in [-0.39, 0.29) is 0 Å². The molecule has 0 radical (unpaired) electrons. The highest BCUT2D eigenvalue weighted by Gasteiger charge is 2.27. The van der Waals surface area contributed by atoms with Crippen LogP contribution in [-0.4, -0.2) is 13.6 Å². The van der Waals surface area contributed by atoms with Crippen molar-refractivity contribution in [3.05, 3.63) is 0 Å². The number of alkyl halides is 1. The van der Waals surface area contributed by atoms with Crippen LogP contribution in [0.3, 0.4) is 0 Å². The molecular formula is C8H15IS2. The molecule has 1 fully saturated rings. The zero-order valence-electron chi connectivity index (χ0n) is 7.05. The Bertz CT molecular complexity index is 119. The van der Waals surface area contributed by atoms with Crippen LogP contribution in [0.4, 0.5) is 0 Å². The van der Waals surface area contributed by atoms with Crippen LogP contribution in [0.2, 0.25) is 0 Å². The van der Waals surface area contributed by atoms with E-state index in [1.165, 1.54) is 18.6 Å². The molecule has 66 valence electrons. The molecule has 1 unspecified atom stereocenters. The van der Waals surface area contributed by atoms with E-state index >= 15 is 0 Å². The summed E-state index contributed by atoms with van der Waals surface area (Å²) in [5, 5.41) is 0.933. The smallest absolute Gasteiger partial charge is 0.102 e. The average Bonchev–Trinajstić information content (AvgIpc) is 2.04. The topological polar surface area (TPSA) is 0 Å². The Hall–Kier alpha value is 1.43. The van der Waals surface area contributed by atoms with E-state index in [1.807, 2.05) is 0 Å². The van der Waals surface area contributed by atoms with Gasteiger partial charge < -0.3 is 0 Å². The van der Waals surface area contributed by atoms with E-state index in [9.17, 15) is 0 Å². The number of halogens is 1. The Morgan fingerprint density at radius 3 is 2.64 bits per heavy atom. The van der Waals surface area contributed by atoms with Crippen molar-refractivity contribution < 1.29 is 0 Å². The molecule has 0 aromatic carbocycles. The highest BCUT2D eigenvalue weighted by atomic mass is 127. The first-order valence-electron chi connectivity index (χ1n) is 4.19. The lowest BCUT2D eigenvalue weighted by atomic mass is 10.0. The molecule has 0 aliphatic carbocycles. The Morgan fingerprint density at radius 2 is 2.09 bits per heavy atom. The second-order valence-corrected chi connectivity index (χ2v) is 8.58. The fourth-order valence-electron chi connectivity index (χ4n) is 1.40. The highest BCUT2D eigenvalue weighted by molar-refractivity contribution is 14.1. The summed E-state index contributed by atoms with van der Waals surface area (Å²) in [6, 6.07) is 0. The van der Waals surface area contributed by atoms with Crippen molar-refractivity contribution in [1.29, 1.82) is 0 Å². The molecule has 0 N–H and O–H groups in total. The molecule has 1 saturated heterocycles. The summed E-state index contributed by atoms with van der Waals surface area (Å²) in [5.41, 5.74) is 0. The van der Waals surface area contributed by atoms with Crippen molar-refractivity contribution >= 4 is 46.1 Å². The van der Waals surface area contributed by atoms with Gasteiger partial charge in [0, 0.05) is 5.25 Å². The van der Waals surface area contributed by atoms with E-state index in [0.29, 0.717) is 0 Å². The van der Waals surface area contributed by atoms with E-state index in [0.717, 1.165) is 13.8 Å². The van der Waals surface area contributed by atoms with Crippen LogP contribution >= 0.6 is 46.1 Å². The van der Waals surface area contributed by atoms with Gasteiger partial charge in [-0.15, -0.1) is 23.5 Å². The third-order valence-electron chi connectivity index (χ3n) is 2.18. The zero-order chi connectivity index (χ0) is 8.27. The molecule has 1 aliphatic heterocycles. The molecule has 1 rings (SSSR count). The summed E-state index contributed by atoms with van der Waals surface area (Å²) in [5.74, 6) is 2.36. The molecule has 0 aromatic heterocycles. The fourth-order valence-corrected chi connectivity index (χ4v) is 6.10. The van der Waals surface area contributed by atoms with Crippen LogP contribution in [0.1, 0.15) is 26.7 Å². The standard InChI is InChI=1S/C8H15IS2/c1-3-6-5-10-8(9)11-7(6)4-2/h6-8H,3-5H2,1-2H3/t6-,7-,8?/m0/s1. The first-order chi connectivity index (χ1) is 5.27. The Balaban J connectivity index is 2.41. The maximum absolute atomic E-state index is 2.55. The van der Waals surface area contributed by atoms with E-state index in [4.69, 9.17) is 0 Å². The first kappa shape index (κ1) is 10.5. The summed E-state index contributed by atoms with van der Waals surface area (Å²) in [6.07, 6.45) is 2.71. The molecule has 0 amide bonds. The predicted octanol–water partition coefficient (Wildman–Crippen LogP) is 3.99. The van der Waals surface area contributed by atoms with Gasteiger partial charge in [0.2, 0.25) is 0 Å². The SMILES string of the molecule is CC[C@H]1CSC(I)S[C@H]1CC. The van der Waals surface area contributed by atoms with Gasteiger partial charge >= 0.3 is 0 Å². The van der Waals surface area contributed by atoms with Crippen LogP contribution in [0.5, 0.6) is 0 Å². The average molecular weight is 302 g/mol. The number of hydrogen-bond donors (Lipinski definition) is 0. The second kappa shape index (κ2) is 5.22. The zero-order valence-corrected chi connectivity index (χ0v) is 10.8. The second-order valence-electron chi connectivity index (χ2n) is 2.86. The molecule has 0 saturated carbocycles. The Labute approximate surface area is 91.8 Å². The van der Waals surface area contributed by atoms with E-state index < -0.39 is 0 Å². The van der Waals surface area contributed by atoms with Gasteiger partial charge in [-0.2, -0.15) is 0 Å². The van der Waals surface area contributed by atoms with Crippen molar-refractivity contribution in [1.82, 2.24) is 0 Å². The summed E-state index contributed by atoms with van der Waals surface area (Å²) in [7, 11) is 0. The van der Waals surface area contributed by atoms with Gasteiger partial charge in [-0.25, -0.2) is 0 Å². The third-order valence-corrected chi connectivity index (χ3v) is 7.04. The lowest BCUT2D eigenvalue weighted by molar-refractivity contribution is 0.530. The lowest BCUT2D eigenvalue weighted by Gasteiger charge is -2.31. The van der Waals surface area contributed by atoms with Crippen LogP contribution in [-0.2, 0) is 0 Å². The normalized spacial score (nSPS) is 39.0. The van der Waals surface area contributed by atoms with Crippen LogP contribution in [0, 0.1) is 5.92 Å². The van der Waals surface area contributed by atoms with E-state index in [2.05, 4.69) is 60.0 Å². The molecule has 0 aromatic rings. The first-order valence-corrected chi connectivity index (χ1v) is 7.42. The summed E-state index contributed by atoms with van der Waals surface area (Å²) < 4.78 is 0.806. The van der Waals surface area contributed by atoms with Crippen molar-refractivity contribution in [3.8, 4) is 0 Å². The maximum Gasteiger partial charge on any atom is 0.102 e. The van der Waals surface area contributed by atoms with Crippen molar-refractivity contribution in [2.24, 2.45) is 5.92 Å². The Kier molecular flexibility index (Phi) is 4.99. The highest BCUT2D eigenvalue weighted by Crippen LogP contribution is 2.44. The molecule has 0 nitrogen and oxygen atoms in total. The summed E-state index contributed by atoms with van der Waals surface area (Å²) in [6.45, 7) is 4.64. The minimum Gasteiger partial charge on any atom is -0.137 e. The van der Waals surface area contributed by atoms with Gasteiger partial charge in [-0.3, -0.25) is 0 Å². The van der Waals surface area contributed by atoms with Gasteiger partial charge in [0.05, 0.1) is 0 Å². The van der Waals surface area contributed by atoms with E-state index in [1.54, 1.807) is 0 Å². The van der Waals surface area contributed by atoms with Gasteiger partial charge in [0.15, 0.2) is 0 Å². The summed E-state index contributed by atoms with van der Waals surface area (Å²) in [4.78, 5) is 0. The third kappa shape index (κ3) is 2.99. The quantitative estimate of drug-likeness (QED) is 0.559. The molecule has 0 bridgehead atoms. The van der Waals surface area contributed by atoms with Crippen LogP contribution in [0.15, 0.2) is 0 Å². The van der Waals surface area contributed by atoms with Crippen molar-refractivity contribution in [2.45, 2.75) is 34.5 Å². The Morgan fingerprint density at radius 1 is 1.36 bits per heavy atom. The number of rotatable bonds is 2. The van der Waals surface area contributed by atoms with Crippen molar-refractivity contribution in [2.75, 3.05) is 5.75 Å². The van der Waals surface area contributed by atoms with Gasteiger partial charge in [0.1, 0.15) is 2.59 Å². The molecule has 1 aliphatic rings. The van der Waals surface area contributed by atoms with Gasteiger partial charge in [-0.05, 0) is 18.1 Å². The largest absolute Gasteiger partial charge is 0.137 e. The number of thioether (sulfide) groups is 2. The van der Waals surface area contributed by atoms with Gasteiger partial charge in [0.25, 0.3) is 0 Å².